The van der Waals surface area contributed by atoms with Gasteiger partial charge in [-0.2, -0.15) is 5.10 Å². The Labute approximate surface area is 49.7 Å². The molecule has 0 heterocycles. The molecule has 0 bridgehead atoms. The lowest BCUT2D eigenvalue weighted by Gasteiger charge is -2.09. The summed E-state index contributed by atoms with van der Waals surface area (Å²) in [6.07, 6.45) is 0. The van der Waals surface area contributed by atoms with Gasteiger partial charge in [0.05, 0.1) is 5.41 Å². The number of nitrogens with two attached hydrogens (primary N) is 2. The van der Waals surface area contributed by atoms with Crippen LogP contribution in [0.4, 0.5) is 0 Å². The first-order chi connectivity index (χ1) is 3.48. The van der Waals surface area contributed by atoms with Gasteiger partial charge in [0.25, 0.3) is 5.84 Å². The van der Waals surface area contributed by atoms with Gasteiger partial charge in [-0.05, 0) is 20.8 Å². The Bertz CT molecular complexity index is 98.7. The molecule has 8 heavy (non-hydrogen) atoms. The molecular formula is C5H14N3+. The van der Waals surface area contributed by atoms with Crippen molar-refractivity contribution in [2.24, 2.45) is 17.0 Å². The van der Waals surface area contributed by atoms with Crippen molar-refractivity contribution < 1.29 is 5.10 Å². The number of rotatable bonds is 0. The van der Waals surface area contributed by atoms with E-state index in [2.05, 4.69) is 5.10 Å². The Morgan fingerprint density at radius 1 is 1.38 bits per heavy atom. The number of hydrogen-bond acceptors (Lipinski definition) is 1. The number of hydrogen-bond donors (Lipinski definition) is 3. The van der Waals surface area contributed by atoms with Gasteiger partial charge in [0, 0.05) is 0 Å². The number of hydrazone groups is 1. The van der Waals surface area contributed by atoms with Crippen molar-refractivity contribution in [2.45, 2.75) is 20.8 Å². The standard InChI is InChI=1S/C5H13N3/c1-5(2,3)4(6)8-7/h7H2,1-3H3,(H2,6,8)/p+1. The van der Waals surface area contributed by atoms with Crippen molar-refractivity contribution in [3.63, 3.8) is 0 Å². The van der Waals surface area contributed by atoms with Gasteiger partial charge in [0.15, 0.2) is 0 Å². The molecule has 5 N–H and O–H groups in total. The van der Waals surface area contributed by atoms with Crippen LogP contribution in [0.3, 0.4) is 0 Å². The Morgan fingerprint density at radius 2 is 1.75 bits per heavy atom. The molecule has 0 fully saturated rings. The normalized spacial score (nSPS) is 14.1. The smallest absolute Gasteiger partial charge is 0.268 e. The van der Waals surface area contributed by atoms with E-state index in [-0.39, 0.29) is 5.41 Å². The van der Waals surface area contributed by atoms with Crippen LogP contribution < -0.4 is 16.7 Å². The minimum Gasteiger partial charge on any atom is -0.289 e. The van der Waals surface area contributed by atoms with Crippen LogP contribution in [0, 0.1) is 5.41 Å². The maximum Gasteiger partial charge on any atom is 0.268 e. The highest BCUT2D eigenvalue weighted by Crippen LogP contribution is 2.08. The number of amidine groups is 1. The Balaban J connectivity index is 4.03. The highest BCUT2D eigenvalue weighted by atomic mass is 15.2. The molecule has 3 heteroatoms. The highest BCUT2D eigenvalue weighted by molar-refractivity contribution is 5.79. The second kappa shape index (κ2) is 2.03. The molecule has 0 aromatic rings. The molecule has 0 spiro atoms. The highest BCUT2D eigenvalue weighted by Gasteiger charge is 2.20. The lowest BCUT2D eigenvalue weighted by atomic mass is 9.96. The molecule has 3 nitrogen and oxygen atoms in total. The molecule has 0 aromatic carbocycles. The van der Waals surface area contributed by atoms with Crippen molar-refractivity contribution in [1.82, 2.24) is 0 Å². The molecule has 0 radical (unpaired) electrons. The van der Waals surface area contributed by atoms with Gasteiger partial charge in [0.2, 0.25) is 0 Å². The van der Waals surface area contributed by atoms with E-state index in [1.54, 1.807) is 0 Å². The van der Waals surface area contributed by atoms with Gasteiger partial charge in [-0.1, -0.05) is 0 Å². The zero-order valence-corrected chi connectivity index (χ0v) is 5.65. The minimum atomic E-state index is -0.0330. The molecule has 0 aliphatic carbocycles. The van der Waals surface area contributed by atoms with E-state index in [1.165, 1.54) is 0 Å². The van der Waals surface area contributed by atoms with Gasteiger partial charge in [0.1, 0.15) is 0 Å². The van der Waals surface area contributed by atoms with E-state index in [9.17, 15) is 0 Å². The zero-order chi connectivity index (χ0) is 6.78. The van der Waals surface area contributed by atoms with Crippen LogP contribution in [-0.4, -0.2) is 5.84 Å². The molecule has 0 saturated heterocycles. The van der Waals surface area contributed by atoms with E-state index in [1.807, 2.05) is 20.8 Å². The van der Waals surface area contributed by atoms with E-state index in [4.69, 9.17) is 11.6 Å². The van der Waals surface area contributed by atoms with Crippen LogP contribution >= 0.6 is 0 Å². The third-order valence-electron chi connectivity index (χ3n) is 0.964. The second-order valence-electron chi connectivity index (χ2n) is 2.81. The molecule has 0 aromatic heterocycles. The van der Waals surface area contributed by atoms with Gasteiger partial charge in [-0.25, -0.2) is 0 Å². The predicted molar refractivity (Wildman–Crippen MR) is 33.8 cm³/mol. The van der Waals surface area contributed by atoms with E-state index in [0.29, 0.717) is 5.84 Å². The minimum absolute atomic E-state index is 0.0330. The monoisotopic (exact) mass is 116 g/mol. The van der Waals surface area contributed by atoms with Gasteiger partial charge >= 0.3 is 0 Å². The van der Waals surface area contributed by atoms with E-state index >= 15 is 0 Å². The average molecular weight is 116 g/mol. The summed E-state index contributed by atoms with van der Waals surface area (Å²) in [5, 5.41) is 2.40. The zero-order valence-electron chi connectivity index (χ0n) is 5.65. The lowest BCUT2D eigenvalue weighted by molar-refractivity contribution is -0.474. The molecule has 48 valence electrons. The number of hydrazine groups is 1. The fourth-order valence-electron chi connectivity index (χ4n) is 0.217. The molecular weight excluding hydrogens is 102 g/mol. The molecule has 0 amide bonds. The predicted octanol–water partition coefficient (Wildman–Crippen LogP) is -1.66. The topological polar surface area (TPSA) is 66.0 Å². The van der Waals surface area contributed by atoms with Gasteiger partial charge < -0.3 is 0 Å². The molecule has 0 rings (SSSR count). The summed E-state index contributed by atoms with van der Waals surface area (Å²) in [5.41, 5.74) is 5.40. The summed E-state index contributed by atoms with van der Waals surface area (Å²) in [7, 11) is 0. The van der Waals surface area contributed by atoms with Gasteiger partial charge in [-0.3, -0.25) is 11.6 Å². The van der Waals surface area contributed by atoms with Crippen LogP contribution in [-0.2, 0) is 0 Å². The van der Waals surface area contributed by atoms with Gasteiger partial charge in [-0.15, -0.1) is 0 Å². The average Bonchev–Trinajstić information content (AvgIpc) is 1.62. The first-order valence-electron chi connectivity index (χ1n) is 2.58. The van der Waals surface area contributed by atoms with Crippen molar-refractivity contribution >= 4 is 5.84 Å². The third kappa shape index (κ3) is 1.82. The number of nitrogens with one attached hydrogen (secondary N) is 1. The van der Waals surface area contributed by atoms with Crippen molar-refractivity contribution in [2.75, 3.05) is 0 Å². The Morgan fingerprint density at radius 3 is 1.75 bits per heavy atom. The maximum atomic E-state index is 5.43. The summed E-state index contributed by atoms with van der Waals surface area (Å²) < 4.78 is 0. The Kier molecular flexibility index (Phi) is 1.84. The van der Waals surface area contributed by atoms with E-state index < -0.39 is 0 Å². The van der Waals surface area contributed by atoms with Crippen molar-refractivity contribution in [3.8, 4) is 0 Å². The summed E-state index contributed by atoms with van der Waals surface area (Å²) in [6.45, 7) is 5.96. The largest absolute Gasteiger partial charge is 0.289 e. The molecule has 0 unspecified atom stereocenters. The van der Waals surface area contributed by atoms with Crippen LogP contribution in [0.2, 0.25) is 0 Å². The lowest BCUT2D eigenvalue weighted by Crippen LogP contribution is -2.84. The first kappa shape index (κ1) is 7.27. The van der Waals surface area contributed by atoms with E-state index in [0.717, 1.165) is 0 Å². The Hall–Kier alpha value is -0.730. The fraction of sp³-hybridized carbons (Fsp3) is 0.800. The van der Waals surface area contributed by atoms with Crippen molar-refractivity contribution in [3.05, 3.63) is 0 Å². The summed E-state index contributed by atoms with van der Waals surface area (Å²) in [4.78, 5) is 0. The summed E-state index contributed by atoms with van der Waals surface area (Å²) in [6, 6.07) is 0. The van der Waals surface area contributed by atoms with Crippen LogP contribution in [0.15, 0.2) is 0 Å². The molecule has 0 saturated carbocycles. The van der Waals surface area contributed by atoms with Crippen LogP contribution in [0.1, 0.15) is 20.8 Å². The second-order valence-corrected chi connectivity index (χ2v) is 2.81. The quantitative estimate of drug-likeness (QED) is 0.153. The molecule has 0 aliphatic heterocycles. The van der Waals surface area contributed by atoms with Crippen molar-refractivity contribution in [1.29, 1.82) is 0 Å². The summed E-state index contributed by atoms with van der Waals surface area (Å²) >= 11 is 0. The van der Waals surface area contributed by atoms with Crippen LogP contribution in [0.5, 0.6) is 0 Å². The first-order valence-corrected chi connectivity index (χ1v) is 2.58. The molecule has 0 atom stereocenters. The molecule has 0 aliphatic rings. The summed E-state index contributed by atoms with van der Waals surface area (Å²) in [5.74, 6) is 5.65. The third-order valence-corrected chi connectivity index (χ3v) is 0.964. The SMILES string of the molecule is CC(C)(C)C(N)=[NH+]N. The maximum absolute atomic E-state index is 5.43. The fourth-order valence-corrected chi connectivity index (χ4v) is 0.217. The van der Waals surface area contributed by atoms with Crippen LogP contribution in [0.25, 0.3) is 0 Å².